The number of nitrogens with zero attached hydrogens (tertiary/aromatic N) is 1. The Morgan fingerprint density at radius 3 is 2.69 bits per heavy atom. The van der Waals surface area contributed by atoms with E-state index in [2.05, 4.69) is 25.6 Å². The molecule has 168 valence electrons. The first-order chi connectivity index (χ1) is 15.0. The highest BCUT2D eigenvalue weighted by Gasteiger charge is 2.33. The SMILES string of the molecule is COc1c(Br)cc2cc1S(=O)(=O)Nc1csc(c1)-c1cnc(C(F)(F)F)cc1COC2=O. The number of methoxy groups -OCH3 is 1. The Hall–Kier alpha value is -2.64. The zero-order valence-corrected chi connectivity index (χ0v) is 19.2. The number of fused-ring (bicyclic) bond motifs is 6. The number of hydrogen-bond donors (Lipinski definition) is 1. The van der Waals surface area contributed by atoms with Gasteiger partial charge in [0.25, 0.3) is 10.0 Å². The minimum atomic E-state index is -4.69. The van der Waals surface area contributed by atoms with Gasteiger partial charge in [-0.15, -0.1) is 11.3 Å². The number of pyridine rings is 1. The molecule has 1 aliphatic heterocycles. The van der Waals surface area contributed by atoms with Gasteiger partial charge in [-0.3, -0.25) is 9.71 Å². The molecular weight excluding hydrogens is 537 g/mol. The van der Waals surface area contributed by atoms with Gasteiger partial charge in [0.2, 0.25) is 0 Å². The number of carbonyl (C=O) groups is 1. The standard InChI is InChI=1S/C19H12BrF3N2O5S2/c1-29-17-13(20)2-9-3-15(17)32(27,28)25-11-5-14(31-8-11)12-6-24-16(19(21,22)23)4-10(12)7-30-18(9)26/h2-6,8,25H,7H2,1H3. The van der Waals surface area contributed by atoms with Crippen LogP contribution in [0.3, 0.4) is 0 Å². The summed E-state index contributed by atoms with van der Waals surface area (Å²) in [7, 11) is -2.92. The molecule has 2 aromatic heterocycles. The summed E-state index contributed by atoms with van der Waals surface area (Å²) in [5.41, 5.74) is -0.724. The molecule has 0 amide bonds. The summed E-state index contributed by atoms with van der Waals surface area (Å²) < 4.78 is 78.5. The molecule has 0 aliphatic carbocycles. The number of carbonyl (C=O) groups excluding carboxylic acids is 1. The number of nitrogens with one attached hydrogen (secondary N) is 1. The lowest BCUT2D eigenvalue weighted by Gasteiger charge is -2.14. The Morgan fingerprint density at radius 1 is 1.25 bits per heavy atom. The highest BCUT2D eigenvalue weighted by molar-refractivity contribution is 9.10. The van der Waals surface area contributed by atoms with Crippen molar-refractivity contribution in [3.05, 3.63) is 57.1 Å². The number of cyclic esters (lactones) is 1. The summed E-state index contributed by atoms with van der Waals surface area (Å²) in [4.78, 5) is 16.2. The van der Waals surface area contributed by atoms with Crippen molar-refractivity contribution in [1.29, 1.82) is 0 Å². The number of esters is 1. The van der Waals surface area contributed by atoms with E-state index in [0.29, 0.717) is 4.88 Å². The topological polar surface area (TPSA) is 94.6 Å². The lowest BCUT2D eigenvalue weighted by molar-refractivity contribution is -0.141. The highest BCUT2D eigenvalue weighted by Crippen LogP contribution is 2.39. The molecule has 13 heteroatoms. The van der Waals surface area contributed by atoms with E-state index < -0.39 is 34.5 Å². The van der Waals surface area contributed by atoms with Crippen LogP contribution in [-0.2, 0) is 27.5 Å². The average molecular weight is 549 g/mol. The number of rotatable bonds is 1. The van der Waals surface area contributed by atoms with Gasteiger partial charge in [-0.25, -0.2) is 13.2 Å². The molecule has 4 rings (SSSR count). The van der Waals surface area contributed by atoms with Crippen LogP contribution in [0.15, 0.2) is 45.2 Å². The first-order valence-corrected chi connectivity index (χ1v) is 11.9. The summed E-state index contributed by atoms with van der Waals surface area (Å²) in [6.07, 6.45) is -3.67. The smallest absolute Gasteiger partial charge is 0.433 e. The molecule has 1 N–H and O–H groups in total. The second kappa shape index (κ2) is 8.05. The molecule has 0 spiro atoms. The predicted octanol–water partition coefficient (Wildman–Crippen LogP) is 5.07. The van der Waals surface area contributed by atoms with Crippen LogP contribution in [0.1, 0.15) is 21.6 Å². The number of halogens is 4. The van der Waals surface area contributed by atoms with Crippen molar-refractivity contribution in [2.75, 3.05) is 11.8 Å². The van der Waals surface area contributed by atoms with Gasteiger partial charge in [-0.05, 0) is 40.2 Å². The third-order valence-electron chi connectivity index (χ3n) is 4.49. The van der Waals surface area contributed by atoms with E-state index in [1.54, 1.807) is 0 Å². The van der Waals surface area contributed by atoms with Crippen molar-refractivity contribution in [3.8, 4) is 16.2 Å². The summed E-state index contributed by atoms with van der Waals surface area (Å²) in [5, 5.41) is 1.50. The van der Waals surface area contributed by atoms with Gasteiger partial charge in [0.05, 0.1) is 22.8 Å². The summed E-state index contributed by atoms with van der Waals surface area (Å²) in [5.74, 6) is -0.951. The Bertz CT molecular complexity index is 1340. The van der Waals surface area contributed by atoms with Gasteiger partial charge in [0.1, 0.15) is 17.2 Å². The fourth-order valence-corrected chi connectivity index (χ4v) is 6.02. The van der Waals surface area contributed by atoms with Crippen molar-refractivity contribution in [2.45, 2.75) is 17.7 Å². The number of hydrogen-bond acceptors (Lipinski definition) is 7. The molecule has 0 radical (unpaired) electrons. The highest BCUT2D eigenvalue weighted by atomic mass is 79.9. The minimum absolute atomic E-state index is 0.0262. The molecule has 0 unspecified atom stereocenters. The fraction of sp³-hybridized carbons (Fsp3) is 0.158. The van der Waals surface area contributed by atoms with Crippen molar-refractivity contribution in [3.63, 3.8) is 0 Å². The van der Waals surface area contributed by atoms with Gasteiger partial charge >= 0.3 is 12.1 Å². The molecular formula is C19H12BrF3N2O5S2. The van der Waals surface area contributed by atoms with Crippen LogP contribution in [-0.4, -0.2) is 26.5 Å². The first-order valence-electron chi connectivity index (χ1n) is 8.72. The third-order valence-corrected chi connectivity index (χ3v) is 7.43. The maximum Gasteiger partial charge on any atom is 0.433 e. The second-order valence-electron chi connectivity index (χ2n) is 6.60. The van der Waals surface area contributed by atoms with Crippen LogP contribution in [0.2, 0.25) is 0 Å². The monoisotopic (exact) mass is 548 g/mol. The van der Waals surface area contributed by atoms with Crippen molar-refractivity contribution < 1.29 is 35.9 Å². The Morgan fingerprint density at radius 2 is 2.00 bits per heavy atom. The first kappa shape index (κ1) is 22.6. The van der Waals surface area contributed by atoms with Crippen LogP contribution >= 0.6 is 27.3 Å². The normalized spacial score (nSPS) is 15.3. The van der Waals surface area contributed by atoms with E-state index in [9.17, 15) is 26.4 Å². The fourth-order valence-electron chi connectivity index (χ4n) is 3.04. The van der Waals surface area contributed by atoms with Gasteiger partial charge in [-0.2, -0.15) is 13.2 Å². The van der Waals surface area contributed by atoms with Crippen LogP contribution in [0.4, 0.5) is 18.9 Å². The van der Waals surface area contributed by atoms with Crippen molar-refractivity contribution in [2.24, 2.45) is 0 Å². The average Bonchev–Trinajstić information content (AvgIpc) is 3.17. The number of alkyl halides is 3. The van der Waals surface area contributed by atoms with E-state index >= 15 is 0 Å². The van der Waals surface area contributed by atoms with E-state index in [4.69, 9.17) is 9.47 Å². The van der Waals surface area contributed by atoms with Crippen molar-refractivity contribution in [1.82, 2.24) is 4.98 Å². The third kappa shape index (κ3) is 4.19. The number of sulfonamides is 1. The van der Waals surface area contributed by atoms with Gasteiger partial charge in [0, 0.05) is 27.6 Å². The van der Waals surface area contributed by atoms with Gasteiger partial charge < -0.3 is 9.47 Å². The maximum absolute atomic E-state index is 13.2. The second-order valence-corrected chi connectivity index (χ2v) is 10.0. The summed E-state index contributed by atoms with van der Waals surface area (Å²) >= 11 is 4.27. The van der Waals surface area contributed by atoms with Crippen LogP contribution in [0.25, 0.3) is 10.4 Å². The number of aromatic nitrogens is 1. The molecule has 32 heavy (non-hydrogen) atoms. The molecule has 0 saturated carbocycles. The molecule has 3 aromatic rings. The van der Waals surface area contributed by atoms with E-state index in [1.165, 1.54) is 24.6 Å². The quantitative estimate of drug-likeness (QED) is 0.426. The van der Waals surface area contributed by atoms with E-state index in [-0.39, 0.29) is 37.5 Å². The van der Waals surface area contributed by atoms with Crippen molar-refractivity contribution >= 4 is 48.9 Å². The lowest BCUT2D eigenvalue weighted by atomic mass is 10.1. The number of benzene rings is 1. The molecule has 1 aromatic carbocycles. The van der Waals surface area contributed by atoms with Crippen LogP contribution in [0, 0.1) is 0 Å². The Labute approximate surface area is 192 Å². The predicted molar refractivity (Wildman–Crippen MR) is 113 cm³/mol. The van der Waals surface area contributed by atoms with Gasteiger partial charge in [0.15, 0.2) is 5.75 Å². The van der Waals surface area contributed by atoms with E-state index in [0.717, 1.165) is 29.7 Å². The molecule has 0 saturated heterocycles. The number of ether oxygens (including phenoxy) is 2. The maximum atomic E-state index is 13.2. The molecule has 0 atom stereocenters. The Balaban J connectivity index is 1.91. The lowest BCUT2D eigenvalue weighted by Crippen LogP contribution is -2.15. The largest absolute Gasteiger partial charge is 0.494 e. The molecule has 3 heterocycles. The Kier molecular flexibility index (Phi) is 5.67. The zero-order chi connectivity index (χ0) is 23.3. The number of anilines is 1. The molecule has 0 fully saturated rings. The minimum Gasteiger partial charge on any atom is -0.494 e. The van der Waals surface area contributed by atoms with Gasteiger partial charge in [-0.1, -0.05) is 0 Å². The zero-order valence-electron chi connectivity index (χ0n) is 16.0. The van der Waals surface area contributed by atoms with Crippen LogP contribution < -0.4 is 9.46 Å². The summed E-state index contributed by atoms with van der Waals surface area (Å²) in [6.45, 7) is -0.480. The number of thiophene rings is 1. The van der Waals surface area contributed by atoms with E-state index in [1.807, 2.05) is 0 Å². The molecule has 4 bridgehead atoms. The van der Waals surface area contributed by atoms with Crippen LogP contribution in [0.5, 0.6) is 5.75 Å². The summed E-state index contributed by atoms with van der Waals surface area (Å²) in [6, 6.07) is 4.65. The molecule has 1 aliphatic rings. The molecule has 7 nitrogen and oxygen atoms in total.